The van der Waals surface area contributed by atoms with Crippen molar-refractivity contribution in [3.05, 3.63) is 29.8 Å². The lowest BCUT2D eigenvalue weighted by molar-refractivity contribution is -0.154. The summed E-state index contributed by atoms with van der Waals surface area (Å²) in [5.74, 6) is 0.551. The molecule has 1 aromatic carbocycles. The van der Waals surface area contributed by atoms with Crippen LogP contribution >= 0.6 is 0 Å². The van der Waals surface area contributed by atoms with Gasteiger partial charge in [0.25, 0.3) is 5.91 Å². The molecule has 1 aliphatic rings. The molecule has 0 bridgehead atoms. The second-order valence-corrected chi connectivity index (χ2v) is 5.55. The van der Waals surface area contributed by atoms with Crippen molar-refractivity contribution in [1.82, 2.24) is 4.90 Å². The van der Waals surface area contributed by atoms with E-state index in [1.807, 2.05) is 0 Å². The number of nitrogens with zero attached hydrogens (tertiary/aromatic N) is 1. The second kappa shape index (κ2) is 8.38. The van der Waals surface area contributed by atoms with Gasteiger partial charge >= 0.3 is 5.97 Å². The fourth-order valence-corrected chi connectivity index (χ4v) is 2.59. The van der Waals surface area contributed by atoms with Crippen LogP contribution in [0.1, 0.15) is 25.3 Å². The van der Waals surface area contributed by atoms with Gasteiger partial charge in [0.15, 0.2) is 6.10 Å². The number of carbonyl (C=O) groups excluding carboxylic acids is 2. The van der Waals surface area contributed by atoms with E-state index < -0.39 is 12.1 Å². The number of amides is 1. The van der Waals surface area contributed by atoms with Gasteiger partial charge in [-0.1, -0.05) is 0 Å². The highest BCUT2D eigenvalue weighted by molar-refractivity contribution is 5.90. The van der Waals surface area contributed by atoms with E-state index >= 15 is 0 Å². The molecule has 0 spiro atoms. The SMILES string of the molecule is COc1ccc(OC)c(/C=C/C(=O)O[C@H](C)C(=O)N2CCCC2)c1. The molecule has 0 aliphatic carbocycles. The third-order valence-electron chi connectivity index (χ3n) is 3.89. The van der Waals surface area contributed by atoms with Crippen LogP contribution in [0.4, 0.5) is 0 Å². The topological polar surface area (TPSA) is 65.1 Å². The highest BCUT2D eigenvalue weighted by Crippen LogP contribution is 2.25. The second-order valence-electron chi connectivity index (χ2n) is 5.55. The largest absolute Gasteiger partial charge is 0.497 e. The first-order chi connectivity index (χ1) is 11.5. The van der Waals surface area contributed by atoms with Crippen LogP contribution in [0.25, 0.3) is 6.08 Å². The number of hydrogen-bond acceptors (Lipinski definition) is 5. The van der Waals surface area contributed by atoms with Gasteiger partial charge in [-0.2, -0.15) is 0 Å². The summed E-state index contributed by atoms with van der Waals surface area (Å²) in [7, 11) is 3.11. The highest BCUT2D eigenvalue weighted by atomic mass is 16.5. The van der Waals surface area contributed by atoms with E-state index in [9.17, 15) is 9.59 Å². The molecular weight excluding hydrogens is 310 g/mol. The van der Waals surface area contributed by atoms with Crippen LogP contribution in [-0.4, -0.2) is 50.2 Å². The summed E-state index contributed by atoms with van der Waals surface area (Å²) in [6, 6.07) is 5.27. The van der Waals surface area contributed by atoms with Crippen molar-refractivity contribution >= 4 is 18.0 Å². The summed E-state index contributed by atoms with van der Waals surface area (Å²) >= 11 is 0. The maximum Gasteiger partial charge on any atom is 0.331 e. The summed E-state index contributed by atoms with van der Waals surface area (Å²) in [5, 5.41) is 0. The van der Waals surface area contributed by atoms with Gasteiger partial charge < -0.3 is 19.1 Å². The zero-order valence-electron chi connectivity index (χ0n) is 14.3. The maximum absolute atomic E-state index is 12.1. The van der Waals surface area contributed by atoms with Crippen LogP contribution in [0.3, 0.4) is 0 Å². The standard InChI is InChI=1S/C18H23NO5/c1-13(18(21)19-10-4-5-11-19)24-17(20)9-6-14-12-15(22-2)7-8-16(14)23-3/h6-9,12-13H,4-5,10-11H2,1-3H3/b9-6+/t13-/m1/s1. The fraction of sp³-hybridized carbons (Fsp3) is 0.444. The molecule has 1 aliphatic heterocycles. The Kier molecular flexibility index (Phi) is 6.23. The van der Waals surface area contributed by atoms with Crippen LogP contribution in [0.2, 0.25) is 0 Å². The molecule has 1 heterocycles. The predicted octanol–water partition coefficient (Wildman–Crippen LogP) is 2.27. The Morgan fingerprint density at radius 1 is 1.17 bits per heavy atom. The monoisotopic (exact) mass is 333 g/mol. The van der Waals surface area contributed by atoms with Crippen molar-refractivity contribution in [3.8, 4) is 11.5 Å². The van der Waals surface area contributed by atoms with E-state index in [1.165, 1.54) is 6.08 Å². The Labute approximate surface area is 142 Å². The van der Waals surface area contributed by atoms with Crippen molar-refractivity contribution in [3.63, 3.8) is 0 Å². The fourth-order valence-electron chi connectivity index (χ4n) is 2.59. The molecule has 130 valence electrons. The number of esters is 1. The van der Waals surface area contributed by atoms with E-state index in [0.29, 0.717) is 17.1 Å². The Morgan fingerprint density at radius 3 is 2.50 bits per heavy atom. The third-order valence-corrected chi connectivity index (χ3v) is 3.89. The molecule has 2 rings (SSSR count). The number of rotatable bonds is 6. The molecule has 1 aromatic rings. The minimum absolute atomic E-state index is 0.145. The molecular formula is C18H23NO5. The van der Waals surface area contributed by atoms with Gasteiger partial charge in [-0.05, 0) is 44.0 Å². The molecule has 1 fully saturated rings. The lowest BCUT2D eigenvalue weighted by atomic mass is 10.1. The molecule has 0 N–H and O–H groups in total. The maximum atomic E-state index is 12.1. The van der Waals surface area contributed by atoms with Crippen molar-refractivity contribution in [2.45, 2.75) is 25.9 Å². The molecule has 0 saturated carbocycles. The van der Waals surface area contributed by atoms with Gasteiger partial charge in [-0.3, -0.25) is 4.79 Å². The van der Waals surface area contributed by atoms with Gasteiger partial charge in [0, 0.05) is 24.7 Å². The molecule has 0 radical (unpaired) electrons. The number of benzene rings is 1. The smallest absolute Gasteiger partial charge is 0.331 e. The number of carbonyl (C=O) groups is 2. The molecule has 1 atom stereocenters. The minimum Gasteiger partial charge on any atom is -0.497 e. The molecule has 6 heteroatoms. The van der Waals surface area contributed by atoms with Gasteiger partial charge in [0.05, 0.1) is 14.2 Å². The van der Waals surface area contributed by atoms with E-state index in [-0.39, 0.29) is 5.91 Å². The van der Waals surface area contributed by atoms with Crippen LogP contribution in [0.15, 0.2) is 24.3 Å². The quantitative estimate of drug-likeness (QED) is 0.590. The summed E-state index contributed by atoms with van der Waals surface area (Å²) in [6.07, 6.45) is 4.08. The molecule has 0 aromatic heterocycles. The predicted molar refractivity (Wildman–Crippen MR) is 89.9 cm³/mol. The van der Waals surface area contributed by atoms with E-state index in [1.54, 1.807) is 50.3 Å². The first-order valence-corrected chi connectivity index (χ1v) is 7.94. The summed E-state index contributed by atoms with van der Waals surface area (Å²) in [4.78, 5) is 25.8. The molecule has 0 unspecified atom stereocenters. The molecule has 6 nitrogen and oxygen atoms in total. The molecule has 1 saturated heterocycles. The molecule has 24 heavy (non-hydrogen) atoms. The van der Waals surface area contributed by atoms with Crippen LogP contribution in [-0.2, 0) is 14.3 Å². The Bertz CT molecular complexity index is 620. The van der Waals surface area contributed by atoms with Crippen molar-refractivity contribution in [2.24, 2.45) is 0 Å². The Morgan fingerprint density at radius 2 is 1.88 bits per heavy atom. The summed E-state index contributed by atoms with van der Waals surface area (Å²) < 4.78 is 15.6. The van der Waals surface area contributed by atoms with Gasteiger partial charge in [0.1, 0.15) is 11.5 Å². The Hall–Kier alpha value is -2.50. The van der Waals surface area contributed by atoms with Crippen LogP contribution in [0.5, 0.6) is 11.5 Å². The van der Waals surface area contributed by atoms with Gasteiger partial charge in [-0.15, -0.1) is 0 Å². The van der Waals surface area contributed by atoms with E-state index in [4.69, 9.17) is 14.2 Å². The average molecular weight is 333 g/mol. The summed E-state index contributed by atoms with van der Waals surface area (Å²) in [5.41, 5.74) is 0.687. The number of hydrogen-bond donors (Lipinski definition) is 0. The number of likely N-dealkylation sites (tertiary alicyclic amines) is 1. The average Bonchev–Trinajstić information content (AvgIpc) is 3.13. The first-order valence-electron chi connectivity index (χ1n) is 7.94. The van der Waals surface area contributed by atoms with Crippen molar-refractivity contribution in [1.29, 1.82) is 0 Å². The Balaban J connectivity index is 1.98. The van der Waals surface area contributed by atoms with E-state index in [2.05, 4.69) is 0 Å². The minimum atomic E-state index is -0.785. The van der Waals surface area contributed by atoms with Crippen LogP contribution < -0.4 is 9.47 Å². The zero-order valence-corrected chi connectivity index (χ0v) is 14.3. The summed E-state index contributed by atoms with van der Waals surface area (Å²) in [6.45, 7) is 3.06. The number of ether oxygens (including phenoxy) is 3. The van der Waals surface area contributed by atoms with Crippen molar-refractivity contribution < 1.29 is 23.8 Å². The lowest BCUT2D eigenvalue weighted by Crippen LogP contribution is -2.37. The van der Waals surface area contributed by atoms with Gasteiger partial charge in [-0.25, -0.2) is 4.79 Å². The zero-order chi connectivity index (χ0) is 17.5. The highest BCUT2D eigenvalue weighted by Gasteiger charge is 2.25. The first kappa shape index (κ1) is 17.8. The van der Waals surface area contributed by atoms with Gasteiger partial charge in [0.2, 0.25) is 0 Å². The van der Waals surface area contributed by atoms with Crippen molar-refractivity contribution in [2.75, 3.05) is 27.3 Å². The normalized spacial score (nSPS) is 15.4. The third kappa shape index (κ3) is 4.50. The lowest BCUT2D eigenvalue weighted by Gasteiger charge is -2.19. The van der Waals surface area contributed by atoms with Crippen LogP contribution in [0, 0.1) is 0 Å². The molecule has 1 amide bonds. The van der Waals surface area contributed by atoms with E-state index in [0.717, 1.165) is 25.9 Å². The number of methoxy groups -OCH3 is 2.